The Kier molecular flexibility index (Phi) is 22.2. The van der Waals surface area contributed by atoms with Crippen molar-refractivity contribution in [1.29, 1.82) is 0 Å². The lowest BCUT2D eigenvalue weighted by Crippen LogP contribution is -2.58. The van der Waals surface area contributed by atoms with E-state index in [4.69, 9.17) is 9.47 Å². The minimum atomic E-state index is -5.42. The van der Waals surface area contributed by atoms with Crippen LogP contribution in [0, 0.1) is 0 Å². The third-order valence-corrected chi connectivity index (χ3v) is 11.2. The molecule has 1 aliphatic carbocycles. The van der Waals surface area contributed by atoms with Crippen LogP contribution in [0.15, 0.2) is 0 Å². The molecular weight excluding hydrogens is 766 g/mol. The molecule has 1 rings (SSSR count). The molecule has 0 aromatic rings. The average Bonchev–Trinajstić information content (AvgIpc) is 3.02. The van der Waals surface area contributed by atoms with Gasteiger partial charge in [0.15, 0.2) is 0 Å². The van der Waals surface area contributed by atoms with Gasteiger partial charge < -0.3 is 68.1 Å². The minimum Gasteiger partial charge on any atom is -0.748 e. The maximum Gasteiger partial charge on any atom is 0.100 e. The number of carbonyl (C=O) groups excluding carboxylic acids is 5. The molecule has 1 aliphatic rings. The normalized spacial score (nSPS) is 20.0. The van der Waals surface area contributed by atoms with Crippen molar-refractivity contribution in [1.82, 2.24) is 14.7 Å². The molecular formula is C31H48N3O18S2-7. The van der Waals surface area contributed by atoms with Crippen molar-refractivity contribution in [2.24, 2.45) is 0 Å². The number of aliphatic carboxylic acids is 5. The summed E-state index contributed by atoms with van der Waals surface area (Å²) < 4.78 is 85.1. The zero-order chi connectivity index (χ0) is 41.1. The molecule has 54 heavy (non-hydrogen) atoms. The molecule has 3 unspecified atom stereocenters. The highest BCUT2D eigenvalue weighted by molar-refractivity contribution is 7.87. The summed E-state index contributed by atoms with van der Waals surface area (Å²) in [5.41, 5.74) is 0. The van der Waals surface area contributed by atoms with E-state index in [1.54, 1.807) is 0 Å². The molecule has 1 saturated carbocycles. The third kappa shape index (κ3) is 20.6. The van der Waals surface area contributed by atoms with Gasteiger partial charge in [0, 0.05) is 65.0 Å². The number of carboxylic acids is 5. The molecule has 0 saturated heterocycles. The molecule has 0 N–H and O–H groups in total. The molecule has 0 aliphatic heterocycles. The lowest BCUT2D eigenvalue weighted by Gasteiger charge is -2.44. The van der Waals surface area contributed by atoms with Crippen molar-refractivity contribution in [2.75, 3.05) is 65.6 Å². The molecule has 0 amide bonds. The lowest BCUT2D eigenvalue weighted by molar-refractivity contribution is -0.313. The van der Waals surface area contributed by atoms with Crippen molar-refractivity contribution in [3.8, 4) is 0 Å². The second kappa shape index (κ2) is 24.5. The first kappa shape index (κ1) is 49.0. The Bertz CT molecular complexity index is 1400. The van der Waals surface area contributed by atoms with E-state index in [0.717, 1.165) is 48.3 Å². The number of carboxylic acid groups (broad SMARTS) is 5. The van der Waals surface area contributed by atoms with Crippen molar-refractivity contribution < 1.29 is 84.9 Å². The predicted octanol–water partition coefficient (Wildman–Crippen LogP) is -7.46. The summed E-state index contributed by atoms with van der Waals surface area (Å²) in [4.78, 5) is 59.6. The van der Waals surface area contributed by atoms with E-state index in [2.05, 4.69) is 6.92 Å². The lowest BCUT2D eigenvalue weighted by atomic mass is 9.93. The first-order chi connectivity index (χ1) is 25.1. The van der Waals surface area contributed by atoms with E-state index in [1.807, 2.05) is 0 Å². The second-order valence-electron chi connectivity index (χ2n) is 13.2. The highest BCUT2D eigenvalue weighted by atomic mass is 32.2. The summed E-state index contributed by atoms with van der Waals surface area (Å²) in [6, 6.07) is -1.51. The Balaban J connectivity index is 3.45. The van der Waals surface area contributed by atoms with E-state index in [9.17, 15) is 75.4 Å². The molecule has 5 atom stereocenters. The van der Waals surface area contributed by atoms with Crippen LogP contribution in [0.3, 0.4) is 0 Å². The molecule has 0 aromatic carbocycles. The van der Waals surface area contributed by atoms with E-state index in [1.165, 1.54) is 0 Å². The first-order valence-corrected chi connectivity index (χ1v) is 20.4. The van der Waals surface area contributed by atoms with Gasteiger partial charge in [0.1, 0.15) is 10.1 Å². The van der Waals surface area contributed by atoms with Gasteiger partial charge in [0.25, 0.3) is 0 Å². The Hall–Kier alpha value is -3.03. The fraction of sp³-hybridized carbons (Fsp3) is 0.839. The van der Waals surface area contributed by atoms with Crippen LogP contribution >= 0.6 is 0 Å². The van der Waals surface area contributed by atoms with Crippen LogP contribution in [0.2, 0.25) is 0 Å². The number of nitrogens with zero attached hydrogens (tertiary/aromatic N) is 3. The average molecular weight is 815 g/mol. The van der Waals surface area contributed by atoms with Crippen LogP contribution in [0.25, 0.3) is 0 Å². The minimum absolute atomic E-state index is 0.0602. The second-order valence-corrected chi connectivity index (χ2v) is 16.4. The van der Waals surface area contributed by atoms with Gasteiger partial charge in [0.05, 0.1) is 69.3 Å². The number of ether oxygens (including phenoxy) is 2. The summed E-state index contributed by atoms with van der Waals surface area (Å²) in [6.07, 6.45) is 2.33. The van der Waals surface area contributed by atoms with E-state index < -0.39 is 151 Å². The standard InChI is InChI=1S/C31H55N3O18S2/c1-2-3-4-5-6-7-8-9-12-51-24-13-23(53(45,46)47)14-25(54(48,49)50)31(24)52-21-22(34(19-29(41)42)20-30(43)44)15-32(16-26(35)36)10-11-33(17-27(37)38)18-28(39)40/h22-25,31H,2-21H2,1H3,(H,35,36)(H,37,38)(H,39,40)(H,41,42)(H,43,44)(H,45,46,47)(H,48,49,50)/p-7/t22?,23-,24?,25?,31+/m1/s1. The fourth-order valence-corrected chi connectivity index (χ4v) is 8.25. The number of hydrogen-bond acceptors (Lipinski definition) is 21. The van der Waals surface area contributed by atoms with Crippen LogP contribution in [-0.4, -0.2) is 165 Å². The third-order valence-electron chi connectivity index (χ3n) is 8.75. The summed E-state index contributed by atoms with van der Waals surface area (Å²) in [7, 11) is -10.6. The Morgan fingerprint density at radius 2 is 1.09 bits per heavy atom. The van der Waals surface area contributed by atoms with Crippen molar-refractivity contribution >= 4 is 50.1 Å². The van der Waals surface area contributed by atoms with Crippen LogP contribution in [0.4, 0.5) is 0 Å². The van der Waals surface area contributed by atoms with Crippen molar-refractivity contribution in [3.63, 3.8) is 0 Å². The van der Waals surface area contributed by atoms with Crippen LogP contribution in [-0.2, 0) is 53.7 Å². The summed E-state index contributed by atoms with van der Waals surface area (Å²) in [5.74, 6) is -8.75. The van der Waals surface area contributed by atoms with E-state index in [0.29, 0.717) is 17.7 Å². The van der Waals surface area contributed by atoms with Gasteiger partial charge >= 0.3 is 0 Å². The van der Waals surface area contributed by atoms with E-state index in [-0.39, 0.29) is 6.61 Å². The van der Waals surface area contributed by atoms with E-state index >= 15 is 0 Å². The highest BCUT2D eigenvalue weighted by Crippen LogP contribution is 2.33. The van der Waals surface area contributed by atoms with Gasteiger partial charge in [-0.05, 0) is 19.3 Å². The summed E-state index contributed by atoms with van der Waals surface area (Å²) in [5, 5.41) is 53.1. The summed E-state index contributed by atoms with van der Waals surface area (Å²) >= 11 is 0. The van der Waals surface area contributed by atoms with Crippen molar-refractivity contribution in [3.05, 3.63) is 0 Å². The molecule has 0 aromatic heterocycles. The fourth-order valence-electron chi connectivity index (χ4n) is 6.21. The quantitative estimate of drug-likeness (QED) is 0.0463. The summed E-state index contributed by atoms with van der Waals surface area (Å²) in [6.45, 7) is -5.45. The predicted molar refractivity (Wildman–Crippen MR) is 172 cm³/mol. The molecule has 0 bridgehead atoms. The number of carbonyl (C=O) groups is 5. The smallest absolute Gasteiger partial charge is 0.100 e. The van der Waals surface area contributed by atoms with Gasteiger partial charge in [-0.3, -0.25) is 14.7 Å². The number of rotatable bonds is 31. The van der Waals surface area contributed by atoms with Gasteiger partial charge in [-0.15, -0.1) is 0 Å². The molecule has 0 radical (unpaired) electrons. The van der Waals surface area contributed by atoms with Gasteiger partial charge in [-0.1, -0.05) is 51.9 Å². The maximum atomic E-state index is 12.5. The monoisotopic (exact) mass is 814 g/mol. The topological polar surface area (TPSA) is 343 Å². The molecule has 21 nitrogen and oxygen atoms in total. The molecule has 314 valence electrons. The zero-order valence-electron chi connectivity index (χ0n) is 30.0. The molecule has 1 fully saturated rings. The molecule has 23 heteroatoms. The number of unbranched alkanes of at least 4 members (excludes halogenated alkanes) is 7. The van der Waals surface area contributed by atoms with Crippen molar-refractivity contribution in [2.45, 2.75) is 99.9 Å². The Labute approximate surface area is 314 Å². The van der Waals surface area contributed by atoms with Gasteiger partial charge in [-0.25, -0.2) is 16.8 Å². The molecule has 0 spiro atoms. The van der Waals surface area contributed by atoms with Crippen LogP contribution < -0.4 is 25.5 Å². The number of hydrogen-bond donors (Lipinski definition) is 0. The SMILES string of the molecule is CCCCCCCCCCOC1C[C@@H](S(=O)(=O)[O-])CC(S(=O)(=O)[O-])[C@H]1OCC(CN(CCN(CC(=O)[O-])CC(=O)[O-])CC(=O)[O-])N(CC(=O)[O-])CC(=O)[O-]. The van der Waals surface area contributed by atoms with Gasteiger partial charge in [0.2, 0.25) is 0 Å². The van der Waals surface area contributed by atoms with Crippen LogP contribution in [0.5, 0.6) is 0 Å². The Morgan fingerprint density at radius 1 is 0.630 bits per heavy atom. The zero-order valence-corrected chi connectivity index (χ0v) is 31.7. The largest absolute Gasteiger partial charge is 0.748 e. The first-order valence-electron chi connectivity index (χ1n) is 17.4. The Morgan fingerprint density at radius 3 is 1.56 bits per heavy atom. The molecule has 0 heterocycles. The van der Waals surface area contributed by atoms with Crippen LogP contribution in [0.1, 0.15) is 71.1 Å². The van der Waals surface area contributed by atoms with Gasteiger partial charge in [-0.2, -0.15) is 0 Å². The highest BCUT2D eigenvalue weighted by Gasteiger charge is 2.45. The maximum absolute atomic E-state index is 12.5.